The lowest BCUT2D eigenvalue weighted by Crippen LogP contribution is -2.24. The number of hydrogen-bond donors (Lipinski definition) is 3. The minimum Gasteiger partial charge on any atom is -0.384 e. The number of nitrogens with zero attached hydrogens (tertiary/aromatic N) is 2. The number of hydrogen-bond acceptors (Lipinski definition) is 4. The van der Waals surface area contributed by atoms with Crippen LogP contribution in [0.4, 0.5) is 11.4 Å². The van der Waals surface area contributed by atoms with E-state index in [9.17, 15) is 9.90 Å². The molecule has 0 saturated heterocycles. The average Bonchev–Trinajstić information content (AvgIpc) is 2.89. The Morgan fingerprint density at radius 1 is 1.22 bits per heavy atom. The lowest BCUT2D eigenvalue weighted by Gasteiger charge is -2.15. The highest BCUT2D eigenvalue weighted by Gasteiger charge is 2.14. The Hall–Kier alpha value is -2.86. The van der Waals surface area contributed by atoms with Gasteiger partial charge in [0.2, 0.25) is 0 Å². The van der Waals surface area contributed by atoms with E-state index >= 15 is 0 Å². The van der Waals surface area contributed by atoms with Gasteiger partial charge < -0.3 is 20.1 Å². The van der Waals surface area contributed by atoms with Crippen LogP contribution in [0.5, 0.6) is 0 Å². The highest BCUT2D eigenvalue weighted by atomic mass is 16.3. The molecule has 0 aliphatic heterocycles. The average molecular weight is 366 g/mol. The Bertz CT molecular complexity index is 985. The van der Waals surface area contributed by atoms with Gasteiger partial charge in [-0.25, -0.2) is 4.98 Å². The Morgan fingerprint density at radius 3 is 2.52 bits per heavy atom. The summed E-state index contributed by atoms with van der Waals surface area (Å²) in [6.07, 6.45) is 0.757. The first-order valence-corrected chi connectivity index (χ1v) is 9.05. The SMILES string of the molecule is Cc1cccc(C)c1CNc1cc(NC(=O)[C@H](C)O)cn2c(C)c(C)nc12. The summed E-state index contributed by atoms with van der Waals surface area (Å²) in [5, 5.41) is 15.7. The Balaban J connectivity index is 2.00. The molecule has 3 N–H and O–H groups in total. The molecule has 3 aromatic rings. The standard InChI is InChI=1S/C21H26N4O2/c1-12-7-6-8-13(2)18(12)10-22-19-9-17(24-21(27)16(5)26)11-25-15(4)14(3)23-20(19)25/h6-9,11,16,22,26H,10H2,1-5H3,(H,24,27)/t16-/m0/s1. The van der Waals surface area contributed by atoms with Crippen LogP contribution in [0, 0.1) is 27.7 Å². The Labute approximate surface area is 159 Å². The van der Waals surface area contributed by atoms with Gasteiger partial charge in [-0.05, 0) is 57.4 Å². The molecule has 2 heterocycles. The zero-order chi connectivity index (χ0) is 19.7. The third kappa shape index (κ3) is 3.80. The largest absolute Gasteiger partial charge is 0.384 e. The summed E-state index contributed by atoms with van der Waals surface area (Å²) in [5.41, 5.74) is 7.90. The van der Waals surface area contributed by atoms with E-state index in [1.54, 1.807) is 0 Å². The van der Waals surface area contributed by atoms with Crippen molar-refractivity contribution in [3.8, 4) is 0 Å². The summed E-state index contributed by atoms with van der Waals surface area (Å²) in [6, 6.07) is 8.11. The van der Waals surface area contributed by atoms with E-state index in [2.05, 4.69) is 47.7 Å². The van der Waals surface area contributed by atoms with Crippen molar-refractivity contribution >= 4 is 22.9 Å². The zero-order valence-electron chi connectivity index (χ0n) is 16.4. The van der Waals surface area contributed by atoms with Gasteiger partial charge in [0.05, 0.1) is 17.1 Å². The fourth-order valence-electron chi connectivity index (χ4n) is 3.13. The molecule has 1 aromatic carbocycles. The maximum atomic E-state index is 11.9. The molecule has 0 aliphatic rings. The number of fused-ring (bicyclic) bond motifs is 1. The van der Waals surface area contributed by atoms with E-state index < -0.39 is 12.0 Å². The summed E-state index contributed by atoms with van der Waals surface area (Å²) in [5.74, 6) is -0.440. The minimum absolute atomic E-state index is 0.440. The molecule has 6 nitrogen and oxygen atoms in total. The summed E-state index contributed by atoms with van der Waals surface area (Å²) in [6.45, 7) is 10.3. The third-order valence-corrected chi connectivity index (χ3v) is 4.94. The maximum Gasteiger partial charge on any atom is 0.252 e. The number of nitrogens with one attached hydrogen (secondary N) is 2. The number of pyridine rings is 1. The number of carbonyl (C=O) groups excluding carboxylic acids is 1. The topological polar surface area (TPSA) is 78.7 Å². The number of aryl methyl sites for hydroxylation is 4. The lowest BCUT2D eigenvalue weighted by molar-refractivity contribution is -0.123. The molecule has 2 aromatic heterocycles. The van der Waals surface area contributed by atoms with Crippen molar-refractivity contribution < 1.29 is 9.90 Å². The molecule has 1 atom stereocenters. The van der Waals surface area contributed by atoms with E-state index in [4.69, 9.17) is 0 Å². The number of aliphatic hydroxyl groups excluding tert-OH is 1. The lowest BCUT2D eigenvalue weighted by atomic mass is 10.0. The predicted octanol–water partition coefficient (Wildman–Crippen LogP) is 3.50. The second kappa shape index (κ2) is 7.40. The van der Waals surface area contributed by atoms with Gasteiger partial charge in [0, 0.05) is 18.4 Å². The first-order valence-electron chi connectivity index (χ1n) is 9.05. The van der Waals surface area contributed by atoms with Gasteiger partial charge in [0.1, 0.15) is 6.10 Å². The van der Waals surface area contributed by atoms with Crippen LogP contribution < -0.4 is 10.6 Å². The molecule has 0 spiro atoms. The third-order valence-electron chi connectivity index (χ3n) is 4.94. The van der Waals surface area contributed by atoms with Gasteiger partial charge in [-0.3, -0.25) is 4.79 Å². The van der Waals surface area contributed by atoms with Crippen LogP contribution in [0.15, 0.2) is 30.5 Å². The van der Waals surface area contributed by atoms with E-state index in [-0.39, 0.29) is 0 Å². The molecule has 3 rings (SSSR count). The molecular weight excluding hydrogens is 340 g/mol. The van der Waals surface area contributed by atoms with Crippen molar-refractivity contribution in [2.75, 3.05) is 10.6 Å². The fourth-order valence-corrected chi connectivity index (χ4v) is 3.13. The van der Waals surface area contributed by atoms with Crippen molar-refractivity contribution in [1.82, 2.24) is 9.38 Å². The van der Waals surface area contributed by atoms with Gasteiger partial charge in [0.25, 0.3) is 5.91 Å². The van der Waals surface area contributed by atoms with E-state index in [0.717, 1.165) is 22.7 Å². The van der Waals surface area contributed by atoms with E-state index in [1.165, 1.54) is 23.6 Å². The molecule has 6 heteroatoms. The van der Waals surface area contributed by atoms with Gasteiger partial charge >= 0.3 is 0 Å². The number of aromatic nitrogens is 2. The number of carbonyl (C=O) groups is 1. The minimum atomic E-state index is -1.07. The normalized spacial score (nSPS) is 12.2. The molecule has 0 radical (unpaired) electrons. The zero-order valence-corrected chi connectivity index (χ0v) is 16.4. The predicted molar refractivity (Wildman–Crippen MR) is 108 cm³/mol. The summed E-state index contributed by atoms with van der Waals surface area (Å²) in [4.78, 5) is 16.6. The number of rotatable bonds is 5. The van der Waals surface area contributed by atoms with Crippen LogP contribution in [0.1, 0.15) is 35.0 Å². The maximum absolute atomic E-state index is 11.9. The van der Waals surface area contributed by atoms with Gasteiger partial charge in [-0.15, -0.1) is 0 Å². The molecule has 0 fully saturated rings. The van der Waals surface area contributed by atoms with E-state index in [0.29, 0.717) is 12.2 Å². The van der Waals surface area contributed by atoms with Crippen LogP contribution >= 0.6 is 0 Å². The number of imidazole rings is 1. The highest BCUT2D eigenvalue weighted by molar-refractivity contribution is 5.94. The van der Waals surface area contributed by atoms with Crippen molar-refractivity contribution in [3.05, 3.63) is 58.5 Å². The highest BCUT2D eigenvalue weighted by Crippen LogP contribution is 2.26. The summed E-state index contributed by atoms with van der Waals surface area (Å²) >= 11 is 0. The number of aliphatic hydroxyl groups is 1. The molecule has 1 amide bonds. The summed E-state index contributed by atoms with van der Waals surface area (Å²) in [7, 11) is 0. The first kappa shape index (κ1) is 18.9. The van der Waals surface area contributed by atoms with Gasteiger partial charge in [0.15, 0.2) is 5.65 Å². The van der Waals surface area contributed by atoms with Crippen LogP contribution in [0.3, 0.4) is 0 Å². The number of amides is 1. The van der Waals surface area contributed by atoms with Crippen LogP contribution in [0.2, 0.25) is 0 Å². The first-order chi connectivity index (χ1) is 12.8. The van der Waals surface area contributed by atoms with Crippen molar-refractivity contribution in [1.29, 1.82) is 0 Å². The summed E-state index contributed by atoms with van der Waals surface area (Å²) < 4.78 is 1.96. The van der Waals surface area contributed by atoms with Crippen LogP contribution in [-0.2, 0) is 11.3 Å². The molecule has 0 aliphatic carbocycles. The van der Waals surface area contributed by atoms with E-state index in [1.807, 2.05) is 30.5 Å². The van der Waals surface area contributed by atoms with Crippen molar-refractivity contribution in [2.45, 2.75) is 47.3 Å². The second-order valence-electron chi connectivity index (χ2n) is 7.01. The van der Waals surface area contributed by atoms with Crippen LogP contribution in [0.25, 0.3) is 5.65 Å². The molecule has 142 valence electrons. The number of anilines is 2. The van der Waals surface area contributed by atoms with Gasteiger partial charge in [-0.1, -0.05) is 18.2 Å². The molecule has 0 bridgehead atoms. The molecule has 0 saturated carbocycles. The van der Waals surface area contributed by atoms with Gasteiger partial charge in [-0.2, -0.15) is 0 Å². The second-order valence-corrected chi connectivity index (χ2v) is 7.01. The fraction of sp³-hybridized carbons (Fsp3) is 0.333. The van der Waals surface area contributed by atoms with Crippen molar-refractivity contribution in [2.24, 2.45) is 0 Å². The van der Waals surface area contributed by atoms with Crippen LogP contribution in [-0.4, -0.2) is 26.5 Å². The Kier molecular flexibility index (Phi) is 5.19. The van der Waals surface area contributed by atoms with Crippen molar-refractivity contribution in [3.63, 3.8) is 0 Å². The number of benzene rings is 1. The smallest absolute Gasteiger partial charge is 0.252 e. The monoisotopic (exact) mass is 366 g/mol. The molecular formula is C21H26N4O2. The molecule has 0 unspecified atom stereocenters. The molecule has 27 heavy (non-hydrogen) atoms. The quantitative estimate of drug-likeness (QED) is 0.646. The Morgan fingerprint density at radius 2 is 1.89 bits per heavy atom.